The number of hydrogen-bond acceptors (Lipinski definition) is 3. The first-order valence-electron chi connectivity index (χ1n) is 40.8. The molecule has 0 saturated carbocycles. The highest BCUT2D eigenvalue weighted by Gasteiger charge is 2.25. The van der Waals surface area contributed by atoms with Gasteiger partial charge in [-0.15, -0.1) is 0 Å². The Labute approximate surface area is 755 Å². The Morgan fingerprint density at radius 2 is 0.597 bits per heavy atom. The zero-order chi connectivity index (χ0) is 85.1. The Balaban J connectivity index is 0.000000116. The van der Waals surface area contributed by atoms with Crippen LogP contribution in [0.15, 0.2) is 479 Å². The van der Waals surface area contributed by atoms with Crippen molar-refractivity contribution in [2.45, 2.75) is 6.92 Å². The number of halogens is 4. The van der Waals surface area contributed by atoms with Crippen LogP contribution < -0.4 is 0 Å². The van der Waals surface area contributed by atoms with Crippen LogP contribution in [0.25, 0.3) is 144 Å². The minimum absolute atomic E-state index is 0.0151. The summed E-state index contributed by atoms with van der Waals surface area (Å²) < 4.78 is 11.3. The highest BCUT2D eigenvalue weighted by atomic mass is 79.9. The minimum atomic E-state index is 0.0151. The molecule has 0 fully saturated rings. The maximum absolute atomic E-state index is 11.8. The number of carbonyl (C=O) groups excluding carboxylic acids is 3. The smallest absolute Gasteiger partial charge is 0.185 e. The summed E-state index contributed by atoms with van der Waals surface area (Å²) in [7, 11) is 0. The molecular weight excluding hydrogens is 1780 g/mol. The van der Waals surface area contributed by atoms with Gasteiger partial charge in [-0.05, 0) is 167 Å². The van der Waals surface area contributed by atoms with Gasteiger partial charge in [-0.2, -0.15) is 0 Å². The number of para-hydroxylation sites is 3. The highest BCUT2D eigenvalue weighted by molar-refractivity contribution is 9.11. The van der Waals surface area contributed by atoms with Gasteiger partial charge in [0.25, 0.3) is 0 Å². The molecule has 21 aromatic rings. The van der Waals surface area contributed by atoms with Crippen LogP contribution in [-0.4, -0.2) is 31.6 Å². The van der Waals surface area contributed by atoms with Crippen LogP contribution in [0.1, 0.15) is 43.6 Å². The fourth-order valence-electron chi connectivity index (χ4n) is 15.8. The van der Waals surface area contributed by atoms with E-state index in [1.165, 1.54) is 127 Å². The topological polar surface area (TPSA) is 66.0 Å². The van der Waals surface area contributed by atoms with Crippen LogP contribution in [0.5, 0.6) is 0 Å². The van der Waals surface area contributed by atoms with Crippen molar-refractivity contribution in [3.05, 3.63) is 501 Å². The number of allylic oxidation sites excluding steroid dienone is 1. The van der Waals surface area contributed by atoms with Crippen molar-refractivity contribution in [3.63, 3.8) is 0 Å². The standard InChI is InChI=1S/C28H18BrN.C28H20BrN.C28H19N.C15H11BrO.C8H8O.C7H5BrO/c29-26-25-23-17-9-7-15-21(23)22-16-8-10-18-24(22)28(25)30(20-13-5-2-6-14-20)27(26)19-11-3-1-4-12-19;29-26-19-11-10-18-24(26)25-20-27(21-12-4-1-5-13-21)30(23-16-8-3-9-17-23)28(25)22-14-6-2-7-15-22;1-3-11-20(12-4-1)27-19-26-24-17-8-7-15-22(24)23-16-9-10-18-25(23)28(26)29(27)21-13-5-2-6-14-21;16-14-9-5-4-6-12(14)10-11-15(17)13-7-2-1-3-8-13;1-7(9)8-5-3-2-4-6-8;8-7-4-2-1-3-6(7)5-9/h1-18H;1-20H;1-19H;1-11H;2-6H,1H3;1-5H/b;;;11-10+;;. The van der Waals surface area contributed by atoms with Gasteiger partial charge in [-0.3, -0.25) is 14.4 Å². The quantitative estimate of drug-likeness (QED) is 0.0500. The van der Waals surface area contributed by atoms with Gasteiger partial charge in [0.15, 0.2) is 17.9 Å². The van der Waals surface area contributed by atoms with Gasteiger partial charge >= 0.3 is 0 Å². The highest BCUT2D eigenvalue weighted by Crippen LogP contribution is 2.48. The fraction of sp³-hybridized carbons (Fsp3) is 0.00877. The summed E-state index contributed by atoms with van der Waals surface area (Å²) in [6, 6.07) is 156. The second kappa shape index (κ2) is 40.1. The summed E-state index contributed by atoms with van der Waals surface area (Å²) in [5, 5.41) is 12.8. The third-order valence-corrected chi connectivity index (χ3v) is 24.4. The first-order valence-corrected chi connectivity index (χ1v) is 43.9. The van der Waals surface area contributed by atoms with E-state index in [0.717, 1.165) is 46.7 Å². The van der Waals surface area contributed by atoms with Crippen LogP contribution in [0.3, 0.4) is 0 Å². The molecule has 10 heteroatoms. The molecule has 0 bridgehead atoms. The van der Waals surface area contributed by atoms with E-state index in [1.807, 2.05) is 109 Å². The normalized spacial score (nSPS) is 10.8. The molecule has 0 amide bonds. The van der Waals surface area contributed by atoms with Crippen molar-refractivity contribution >= 4 is 153 Å². The van der Waals surface area contributed by atoms with Gasteiger partial charge in [-0.1, -0.05) is 436 Å². The zero-order valence-electron chi connectivity index (χ0n) is 67.6. The van der Waals surface area contributed by atoms with Crippen molar-refractivity contribution in [1.82, 2.24) is 13.7 Å². The molecule has 0 radical (unpaired) electrons. The average molecular weight is 1860 g/mol. The predicted octanol–water partition coefficient (Wildman–Crippen LogP) is 32.7. The average Bonchev–Trinajstić information content (AvgIpc) is 1.55. The van der Waals surface area contributed by atoms with Gasteiger partial charge in [0.05, 0.1) is 38.3 Å². The Morgan fingerprint density at radius 1 is 0.266 bits per heavy atom. The maximum Gasteiger partial charge on any atom is 0.185 e. The second-order valence-corrected chi connectivity index (χ2v) is 32.6. The molecule has 18 aromatic carbocycles. The van der Waals surface area contributed by atoms with E-state index < -0.39 is 0 Å². The lowest BCUT2D eigenvalue weighted by molar-refractivity contribution is 0.101. The van der Waals surface area contributed by atoms with E-state index in [2.05, 4.69) is 423 Å². The number of ketones is 2. The molecule has 0 aliphatic rings. The third-order valence-electron chi connectivity index (χ3n) is 21.5. The number of hydrogen-bond donors (Lipinski definition) is 0. The van der Waals surface area contributed by atoms with Gasteiger partial charge in [0.2, 0.25) is 0 Å². The molecule has 0 atom stereocenters. The first kappa shape index (κ1) is 83.7. The molecule has 3 aromatic heterocycles. The Morgan fingerprint density at radius 3 is 1.04 bits per heavy atom. The molecule has 0 unspecified atom stereocenters. The number of benzene rings is 18. The lowest BCUT2D eigenvalue weighted by Crippen LogP contribution is -1.99. The minimum Gasteiger partial charge on any atom is -0.309 e. The number of aldehydes is 1. The zero-order valence-corrected chi connectivity index (χ0v) is 74.0. The van der Waals surface area contributed by atoms with E-state index >= 15 is 0 Å². The van der Waals surface area contributed by atoms with Crippen molar-refractivity contribution in [1.29, 1.82) is 0 Å². The summed E-state index contributed by atoms with van der Waals surface area (Å²) in [6.07, 6.45) is 4.24. The van der Waals surface area contributed by atoms with Crippen LogP contribution in [-0.2, 0) is 0 Å². The molecule has 124 heavy (non-hydrogen) atoms. The van der Waals surface area contributed by atoms with E-state index in [1.54, 1.807) is 19.1 Å². The van der Waals surface area contributed by atoms with Crippen LogP contribution in [0, 0.1) is 0 Å². The molecule has 0 aliphatic carbocycles. The number of carbonyl (C=O) groups is 3. The summed E-state index contributed by atoms with van der Waals surface area (Å²) in [5.74, 6) is 0.136. The Hall–Kier alpha value is -14.0. The monoisotopic (exact) mass is 1860 g/mol. The van der Waals surface area contributed by atoms with Crippen molar-refractivity contribution in [2.24, 2.45) is 0 Å². The third kappa shape index (κ3) is 18.6. The van der Waals surface area contributed by atoms with Crippen molar-refractivity contribution in [3.8, 4) is 73.2 Å². The van der Waals surface area contributed by atoms with Crippen LogP contribution in [0.4, 0.5) is 0 Å². The van der Waals surface area contributed by atoms with Crippen LogP contribution >= 0.6 is 63.7 Å². The number of nitrogens with zero attached hydrogens (tertiary/aromatic N) is 3. The summed E-state index contributed by atoms with van der Waals surface area (Å²) >= 11 is 14.5. The molecule has 0 saturated heterocycles. The molecule has 3 heterocycles. The van der Waals surface area contributed by atoms with Gasteiger partial charge < -0.3 is 13.7 Å². The fourth-order valence-corrected chi connectivity index (χ4v) is 17.9. The van der Waals surface area contributed by atoms with Crippen molar-refractivity contribution < 1.29 is 14.4 Å². The SMILES string of the molecule is Brc1c(-c2ccccc2)n(-c2ccccc2)c2c3ccccc3c3ccccc3c12.Brc1ccccc1-c1cc(-c2ccccc2)n(-c2ccccc2)c1-c1ccccc1.CC(=O)c1ccccc1.O=C(/C=C/c1ccccc1Br)c1ccccc1.O=Cc1ccccc1Br.c1ccc(-c2cc3c4ccccc4c4ccccc4c3n2-c2ccccc2)cc1. The van der Waals surface area contributed by atoms with E-state index in [9.17, 15) is 14.4 Å². The van der Waals surface area contributed by atoms with Gasteiger partial charge in [0.1, 0.15) is 0 Å². The molecule has 6 nitrogen and oxygen atoms in total. The predicted molar refractivity (Wildman–Crippen MR) is 535 cm³/mol. The first-order chi connectivity index (χ1) is 61.0. The maximum atomic E-state index is 11.8. The Bertz CT molecular complexity index is 7310. The molecule has 0 aliphatic heterocycles. The number of rotatable bonds is 13. The van der Waals surface area contributed by atoms with E-state index in [0.29, 0.717) is 11.1 Å². The molecule has 0 N–H and O–H groups in total. The molecule has 21 rings (SSSR count). The summed E-state index contributed by atoms with van der Waals surface area (Å²) in [5.41, 5.74) is 21.1. The Kier molecular flexibility index (Phi) is 27.1. The molecule has 0 spiro atoms. The van der Waals surface area contributed by atoms with Gasteiger partial charge in [-0.25, -0.2) is 0 Å². The van der Waals surface area contributed by atoms with Crippen molar-refractivity contribution in [2.75, 3.05) is 0 Å². The summed E-state index contributed by atoms with van der Waals surface area (Å²) in [4.78, 5) is 32.7. The number of aromatic nitrogens is 3. The van der Waals surface area contributed by atoms with E-state index in [-0.39, 0.29) is 11.6 Å². The number of Topliss-reactive ketones (excluding diaryl/α,β-unsaturated/α-hetero) is 1. The lowest BCUT2D eigenvalue weighted by Gasteiger charge is -2.16. The largest absolute Gasteiger partial charge is 0.309 e. The lowest BCUT2D eigenvalue weighted by atomic mass is 9.98. The van der Waals surface area contributed by atoms with Crippen LogP contribution in [0.2, 0.25) is 0 Å². The molecule has 598 valence electrons. The number of fused-ring (bicyclic) bond motifs is 12. The molecular formula is C114H81Br4N3O3. The second-order valence-electron chi connectivity index (χ2n) is 29.3. The summed E-state index contributed by atoms with van der Waals surface area (Å²) in [6.45, 7) is 1.56. The van der Waals surface area contributed by atoms with E-state index in [4.69, 9.17) is 0 Å². The van der Waals surface area contributed by atoms with Gasteiger partial charge in [0, 0.05) is 74.3 Å².